The zero-order valence-electron chi connectivity index (χ0n) is 10.6. The van der Waals surface area contributed by atoms with Crippen LogP contribution in [0.15, 0.2) is 24.4 Å². The van der Waals surface area contributed by atoms with Crippen LogP contribution in [0.1, 0.15) is 25.5 Å². The van der Waals surface area contributed by atoms with E-state index in [1.54, 1.807) is 0 Å². The maximum atomic E-state index is 10.7. The molecule has 0 aromatic carbocycles. The Bertz CT molecular complexity index is 486. The summed E-state index contributed by atoms with van der Waals surface area (Å²) in [5.74, 6) is 0. The normalized spacial score (nSPS) is 11.7. The number of halogens is 3. The lowest BCUT2D eigenvalue weighted by Gasteiger charge is -2.08. The average molecular weight is 299 g/mol. The minimum Gasteiger partial charge on any atom is -0.741 e. The molecule has 1 aromatic heterocycles. The molecule has 0 bridgehead atoms. The molecule has 1 heterocycles. The first-order chi connectivity index (χ1) is 8.59. The van der Waals surface area contributed by atoms with Gasteiger partial charge in [0.25, 0.3) is 0 Å². The maximum absolute atomic E-state index is 10.7. The maximum Gasteiger partial charge on any atom is 0.485 e. The molecule has 0 aliphatic carbocycles. The fourth-order valence-corrected chi connectivity index (χ4v) is 1.14. The van der Waals surface area contributed by atoms with E-state index in [0.29, 0.717) is 0 Å². The molecular formula is C11H16F3NO3S. The molecule has 0 radical (unpaired) electrons. The summed E-state index contributed by atoms with van der Waals surface area (Å²) in [5, 5.41) is 0. The predicted molar refractivity (Wildman–Crippen MR) is 62.0 cm³/mol. The monoisotopic (exact) mass is 299 g/mol. The van der Waals surface area contributed by atoms with Crippen molar-refractivity contribution in [3.8, 4) is 0 Å². The van der Waals surface area contributed by atoms with E-state index in [9.17, 15) is 13.2 Å². The summed E-state index contributed by atoms with van der Waals surface area (Å²) in [4.78, 5) is 0. The van der Waals surface area contributed by atoms with Crippen LogP contribution in [0, 0.1) is 6.92 Å². The Kier molecular flexibility index (Phi) is 6.99. The highest BCUT2D eigenvalue weighted by molar-refractivity contribution is 7.86. The van der Waals surface area contributed by atoms with Crippen LogP contribution in [0.3, 0.4) is 0 Å². The lowest BCUT2D eigenvalue weighted by Crippen LogP contribution is -2.36. The first-order valence-electron chi connectivity index (χ1n) is 5.56. The molecule has 110 valence electrons. The van der Waals surface area contributed by atoms with Crippen molar-refractivity contribution in [1.29, 1.82) is 0 Å². The van der Waals surface area contributed by atoms with Gasteiger partial charge < -0.3 is 4.55 Å². The average Bonchev–Trinajstić information content (AvgIpc) is 2.26. The third-order valence-electron chi connectivity index (χ3n) is 2.20. The number of hydrogen-bond donors (Lipinski definition) is 0. The van der Waals surface area contributed by atoms with Crippen molar-refractivity contribution in [2.24, 2.45) is 0 Å². The highest BCUT2D eigenvalue weighted by Gasteiger charge is 2.36. The molecule has 0 atom stereocenters. The van der Waals surface area contributed by atoms with Crippen molar-refractivity contribution in [1.82, 2.24) is 0 Å². The number of nitrogens with zero attached hydrogens (tertiary/aromatic N) is 1. The van der Waals surface area contributed by atoms with Crippen LogP contribution in [-0.2, 0) is 16.7 Å². The van der Waals surface area contributed by atoms with Gasteiger partial charge in [-0.1, -0.05) is 19.4 Å². The predicted octanol–water partition coefficient (Wildman–Crippen LogP) is 2.13. The van der Waals surface area contributed by atoms with Gasteiger partial charge in [0.05, 0.1) is 0 Å². The van der Waals surface area contributed by atoms with Crippen LogP contribution in [0.2, 0.25) is 0 Å². The van der Waals surface area contributed by atoms with E-state index in [1.165, 1.54) is 18.5 Å². The van der Waals surface area contributed by atoms with Crippen LogP contribution >= 0.6 is 0 Å². The van der Waals surface area contributed by atoms with E-state index >= 15 is 0 Å². The van der Waals surface area contributed by atoms with E-state index in [1.807, 2.05) is 0 Å². The van der Waals surface area contributed by atoms with Crippen molar-refractivity contribution in [2.75, 3.05) is 0 Å². The Hall–Kier alpha value is -1.15. The Balaban J connectivity index is 0.000000362. The topological polar surface area (TPSA) is 61.1 Å². The van der Waals surface area contributed by atoms with Gasteiger partial charge in [0, 0.05) is 25.5 Å². The van der Waals surface area contributed by atoms with E-state index in [2.05, 4.69) is 42.8 Å². The molecule has 0 saturated carbocycles. The van der Waals surface area contributed by atoms with Crippen LogP contribution < -0.4 is 4.57 Å². The van der Waals surface area contributed by atoms with Crippen molar-refractivity contribution >= 4 is 10.1 Å². The Morgan fingerprint density at radius 2 is 1.84 bits per heavy atom. The third kappa shape index (κ3) is 7.12. The van der Waals surface area contributed by atoms with Gasteiger partial charge in [-0.3, -0.25) is 0 Å². The van der Waals surface area contributed by atoms with Crippen LogP contribution in [0.4, 0.5) is 13.2 Å². The SMILES string of the molecule is CCCC[n+]1ccccc1C.O=S(=O)([O-])C(F)(F)F. The molecule has 1 aromatic rings. The van der Waals surface area contributed by atoms with E-state index in [0.717, 1.165) is 6.54 Å². The first-order valence-corrected chi connectivity index (χ1v) is 6.97. The van der Waals surface area contributed by atoms with Crippen LogP contribution in [0.5, 0.6) is 0 Å². The number of aryl methyl sites for hydroxylation is 2. The van der Waals surface area contributed by atoms with Gasteiger partial charge in [0.2, 0.25) is 0 Å². The number of rotatable bonds is 3. The van der Waals surface area contributed by atoms with Crippen molar-refractivity contribution in [3.05, 3.63) is 30.1 Å². The van der Waals surface area contributed by atoms with Gasteiger partial charge in [-0.2, -0.15) is 13.2 Å². The number of unbranched alkanes of at least 4 members (excludes halogenated alkanes) is 1. The molecule has 1 rings (SSSR count). The second-order valence-electron chi connectivity index (χ2n) is 3.79. The number of aromatic nitrogens is 1. The van der Waals surface area contributed by atoms with Gasteiger partial charge >= 0.3 is 5.51 Å². The molecule has 8 heteroatoms. The summed E-state index contributed by atoms with van der Waals surface area (Å²) in [6.45, 7) is 5.53. The fourth-order valence-electron chi connectivity index (χ4n) is 1.14. The molecule has 0 aliphatic heterocycles. The third-order valence-corrected chi connectivity index (χ3v) is 2.77. The van der Waals surface area contributed by atoms with E-state index < -0.39 is 15.6 Å². The van der Waals surface area contributed by atoms with Crippen molar-refractivity contribution < 1.29 is 30.7 Å². The summed E-state index contributed by atoms with van der Waals surface area (Å²) in [5.41, 5.74) is -4.30. The minimum absolute atomic E-state index is 1.16. The lowest BCUT2D eigenvalue weighted by molar-refractivity contribution is -0.703. The zero-order chi connectivity index (χ0) is 15.1. The van der Waals surface area contributed by atoms with Gasteiger partial charge in [0.15, 0.2) is 22.0 Å². The van der Waals surface area contributed by atoms with Gasteiger partial charge in [-0.25, -0.2) is 13.0 Å². The summed E-state index contributed by atoms with van der Waals surface area (Å²) in [6.07, 6.45) is 4.68. The quantitative estimate of drug-likeness (QED) is 0.488. The van der Waals surface area contributed by atoms with Crippen LogP contribution in [-0.4, -0.2) is 18.5 Å². The molecule has 0 aliphatic rings. The van der Waals surface area contributed by atoms with Gasteiger partial charge in [-0.05, 0) is 0 Å². The van der Waals surface area contributed by atoms with Crippen LogP contribution in [0.25, 0.3) is 0 Å². The van der Waals surface area contributed by atoms with Crippen molar-refractivity contribution in [2.45, 2.75) is 38.7 Å². The highest BCUT2D eigenvalue weighted by Crippen LogP contribution is 2.20. The molecule has 0 saturated heterocycles. The first kappa shape index (κ1) is 17.8. The largest absolute Gasteiger partial charge is 0.741 e. The van der Waals surface area contributed by atoms with Crippen molar-refractivity contribution in [3.63, 3.8) is 0 Å². The molecule has 0 N–H and O–H groups in total. The van der Waals surface area contributed by atoms with E-state index in [4.69, 9.17) is 13.0 Å². The molecule has 0 unspecified atom stereocenters. The summed E-state index contributed by atoms with van der Waals surface area (Å²) in [7, 11) is -6.09. The van der Waals surface area contributed by atoms with Gasteiger partial charge in [-0.15, -0.1) is 0 Å². The molecule has 4 nitrogen and oxygen atoms in total. The van der Waals surface area contributed by atoms with Gasteiger partial charge in [0.1, 0.15) is 6.54 Å². The summed E-state index contributed by atoms with van der Waals surface area (Å²) < 4.78 is 61.2. The zero-order valence-corrected chi connectivity index (χ0v) is 11.5. The fraction of sp³-hybridized carbons (Fsp3) is 0.545. The number of alkyl halides is 3. The van der Waals surface area contributed by atoms with E-state index in [-0.39, 0.29) is 0 Å². The minimum atomic E-state index is -6.09. The highest BCUT2D eigenvalue weighted by atomic mass is 32.2. The standard InChI is InChI=1S/C10H16N.CHF3O3S/c1-3-4-8-11-9-6-5-7-10(11)2;2-1(3,4)8(5,6)7/h5-7,9H,3-4,8H2,1-2H3;(H,5,6,7)/q+1;/p-1. The summed E-state index contributed by atoms with van der Waals surface area (Å²) >= 11 is 0. The Labute approximate surface area is 110 Å². The Morgan fingerprint density at radius 1 is 1.32 bits per heavy atom. The Morgan fingerprint density at radius 3 is 2.21 bits per heavy atom. The number of pyridine rings is 1. The second kappa shape index (κ2) is 7.44. The molecular weight excluding hydrogens is 283 g/mol. The lowest BCUT2D eigenvalue weighted by atomic mass is 10.3. The summed E-state index contributed by atoms with van der Waals surface area (Å²) in [6, 6.07) is 6.32. The molecule has 0 fully saturated rings. The smallest absolute Gasteiger partial charge is 0.485 e. The number of hydrogen-bond acceptors (Lipinski definition) is 3. The molecule has 0 amide bonds. The molecule has 0 spiro atoms. The molecule has 19 heavy (non-hydrogen) atoms. The second-order valence-corrected chi connectivity index (χ2v) is 5.16.